The van der Waals surface area contributed by atoms with Crippen LogP contribution in [0.15, 0.2) is 24.3 Å². The maximum Gasteiger partial charge on any atom is 0.222 e. The average Bonchev–Trinajstić information content (AvgIpc) is 2.95. The van der Waals surface area contributed by atoms with E-state index in [9.17, 15) is 9.59 Å². The zero-order chi connectivity index (χ0) is 16.9. The highest BCUT2D eigenvalue weighted by Crippen LogP contribution is 2.28. The Morgan fingerprint density at radius 1 is 1.38 bits per heavy atom. The van der Waals surface area contributed by atoms with Gasteiger partial charge in [-0.05, 0) is 43.9 Å². The van der Waals surface area contributed by atoms with Crippen LogP contribution in [0.2, 0.25) is 0 Å². The Labute approximate surface area is 149 Å². The molecule has 5 nitrogen and oxygen atoms in total. The lowest BCUT2D eigenvalue weighted by Gasteiger charge is -2.22. The summed E-state index contributed by atoms with van der Waals surface area (Å²) in [5.74, 6) is 0.855. The molecule has 1 heterocycles. The van der Waals surface area contributed by atoms with E-state index in [0.29, 0.717) is 37.3 Å². The second kappa shape index (κ2) is 9.04. The summed E-state index contributed by atoms with van der Waals surface area (Å²) >= 11 is 0. The molecule has 1 atom stereocenters. The maximum absolute atomic E-state index is 12.2. The normalized spacial score (nSPS) is 19.7. The molecule has 0 bridgehead atoms. The summed E-state index contributed by atoms with van der Waals surface area (Å²) in [6.07, 6.45) is 2.12. The minimum absolute atomic E-state index is 0. The predicted octanol–water partition coefficient (Wildman–Crippen LogP) is 2.67. The molecule has 134 valence electrons. The van der Waals surface area contributed by atoms with Crippen LogP contribution in [0.1, 0.15) is 43.5 Å². The molecule has 1 aromatic carbocycles. The van der Waals surface area contributed by atoms with Gasteiger partial charge >= 0.3 is 0 Å². The summed E-state index contributed by atoms with van der Waals surface area (Å²) in [5.41, 5.74) is 6.47. The lowest BCUT2D eigenvalue weighted by molar-refractivity contribution is -0.130. The van der Waals surface area contributed by atoms with Gasteiger partial charge in [0.1, 0.15) is 5.75 Å². The van der Waals surface area contributed by atoms with Crippen molar-refractivity contribution >= 4 is 24.1 Å². The third kappa shape index (κ3) is 5.49. The van der Waals surface area contributed by atoms with Gasteiger partial charge < -0.3 is 15.4 Å². The number of ether oxygens (including phenoxy) is 1. The molecular weight excluding hydrogens is 328 g/mol. The third-order valence-corrected chi connectivity index (χ3v) is 4.45. The molecule has 0 aliphatic carbocycles. The number of rotatable bonds is 7. The summed E-state index contributed by atoms with van der Waals surface area (Å²) in [6, 6.07) is 7.12. The van der Waals surface area contributed by atoms with E-state index in [-0.39, 0.29) is 29.5 Å². The molecular formula is C18H27ClN2O3. The van der Waals surface area contributed by atoms with Crippen molar-refractivity contribution in [1.29, 1.82) is 0 Å². The van der Waals surface area contributed by atoms with E-state index in [1.807, 2.05) is 11.0 Å². The van der Waals surface area contributed by atoms with Gasteiger partial charge in [0, 0.05) is 25.1 Å². The number of carbonyl (C=O) groups is 2. The van der Waals surface area contributed by atoms with Gasteiger partial charge in [-0.1, -0.05) is 19.1 Å². The number of hydrogen-bond acceptors (Lipinski definition) is 4. The van der Waals surface area contributed by atoms with Crippen LogP contribution in [-0.4, -0.2) is 42.8 Å². The molecule has 2 N–H and O–H groups in total. The number of hydrogen-bond donors (Lipinski definition) is 1. The second-order valence-electron chi connectivity index (χ2n) is 6.62. The summed E-state index contributed by atoms with van der Waals surface area (Å²) in [7, 11) is 0. The Kier molecular flexibility index (Phi) is 7.70. The lowest BCUT2D eigenvalue weighted by atomic mass is 9.90. The molecule has 1 aliphatic heterocycles. The SMILES string of the molecule is CC(=O)c1cccc(OCCCC(=O)N2CCC(C)(CN)C2)c1.Cl. The smallest absolute Gasteiger partial charge is 0.222 e. The molecule has 0 radical (unpaired) electrons. The van der Waals surface area contributed by atoms with E-state index in [4.69, 9.17) is 10.5 Å². The second-order valence-corrected chi connectivity index (χ2v) is 6.62. The fourth-order valence-electron chi connectivity index (χ4n) is 2.78. The lowest BCUT2D eigenvalue weighted by Crippen LogP contribution is -2.34. The van der Waals surface area contributed by atoms with Crippen molar-refractivity contribution in [2.45, 2.75) is 33.1 Å². The minimum Gasteiger partial charge on any atom is -0.494 e. The van der Waals surface area contributed by atoms with Crippen LogP contribution in [0.3, 0.4) is 0 Å². The van der Waals surface area contributed by atoms with Gasteiger partial charge in [0.2, 0.25) is 5.91 Å². The first-order chi connectivity index (χ1) is 10.9. The number of nitrogens with zero attached hydrogens (tertiary/aromatic N) is 1. The number of halogens is 1. The molecule has 1 aromatic rings. The van der Waals surface area contributed by atoms with Crippen molar-refractivity contribution in [2.75, 3.05) is 26.2 Å². The van der Waals surface area contributed by atoms with Gasteiger partial charge in [0.15, 0.2) is 5.78 Å². The minimum atomic E-state index is 0. The first-order valence-corrected chi connectivity index (χ1v) is 8.15. The van der Waals surface area contributed by atoms with Crippen molar-refractivity contribution in [1.82, 2.24) is 4.90 Å². The zero-order valence-corrected chi connectivity index (χ0v) is 15.2. The van der Waals surface area contributed by atoms with Gasteiger partial charge in [-0.15, -0.1) is 12.4 Å². The van der Waals surface area contributed by atoms with E-state index >= 15 is 0 Å². The standard InChI is InChI=1S/C18H26N2O3.ClH/c1-14(21)15-5-3-6-16(11-15)23-10-4-7-17(22)20-9-8-18(2,12-19)13-20;/h3,5-6,11H,4,7-10,12-13,19H2,1-2H3;1H. The summed E-state index contributed by atoms with van der Waals surface area (Å²) < 4.78 is 5.63. The van der Waals surface area contributed by atoms with Crippen molar-refractivity contribution in [3.8, 4) is 5.75 Å². The Morgan fingerprint density at radius 2 is 2.12 bits per heavy atom. The third-order valence-electron chi connectivity index (χ3n) is 4.45. The molecule has 1 amide bonds. The van der Waals surface area contributed by atoms with Crippen LogP contribution in [-0.2, 0) is 4.79 Å². The molecule has 0 aromatic heterocycles. The van der Waals surface area contributed by atoms with Crippen molar-refractivity contribution < 1.29 is 14.3 Å². The van der Waals surface area contributed by atoms with E-state index in [1.54, 1.807) is 18.2 Å². The Hall–Kier alpha value is -1.59. The largest absolute Gasteiger partial charge is 0.494 e. The van der Waals surface area contributed by atoms with Crippen LogP contribution in [0.4, 0.5) is 0 Å². The van der Waals surface area contributed by atoms with Gasteiger partial charge in [0.05, 0.1) is 6.61 Å². The Bertz CT molecular complexity index is 579. The van der Waals surface area contributed by atoms with Gasteiger partial charge in [-0.2, -0.15) is 0 Å². The highest BCUT2D eigenvalue weighted by molar-refractivity contribution is 5.94. The molecule has 0 spiro atoms. The average molecular weight is 355 g/mol. The predicted molar refractivity (Wildman–Crippen MR) is 96.8 cm³/mol. The fourth-order valence-corrected chi connectivity index (χ4v) is 2.78. The zero-order valence-electron chi connectivity index (χ0n) is 14.4. The number of benzene rings is 1. The summed E-state index contributed by atoms with van der Waals surface area (Å²) in [4.78, 5) is 25.4. The fraction of sp³-hybridized carbons (Fsp3) is 0.556. The molecule has 1 unspecified atom stereocenters. The Balaban J connectivity index is 0.00000288. The number of carbonyl (C=O) groups excluding carboxylic acids is 2. The maximum atomic E-state index is 12.2. The number of amides is 1. The number of likely N-dealkylation sites (tertiary alicyclic amines) is 1. The van der Waals surface area contributed by atoms with Crippen LogP contribution >= 0.6 is 12.4 Å². The van der Waals surface area contributed by atoms with E-state index < -0.39 is 0 Å². The summed E-state index contributed by atoms with van der Waals surface area (Å²) in [6.45, 7) is 6.30. The van der Waals surface area contributed by atoms with Crippen molar-refractivity contribution in [3.05, 3.63) is 29.8 Å². The highest BCUT2D eigenvalue weighted by Gasteiger charge is 2.34. The van der Waals surface area contributed by atoms with E-state index in [0.717, 1.165) is 19.5 Å². The van der Waals surface area contributed by atoms with Crippen LogP contribution in [0.5, 0.6) is 5.75 Å². The molecule has 2 rings (SSSR count). The Morgan fingerprint density at radius 3 is 2.75 bits per heavy atom. The van der Waals surface area contributed by atoms with E-state index in [2.05, 4.69) is 6.92 Å². The van der Waals surface area contributed by atoms with Crippen molar-refractivity contribution in [3.63, 3.8) is 0 Å². The van der Waals surface area contributed by atoms with Crippen LogP contribution in [0.25, 0.3) is 0 Å². The highest BCUT2D eigenvalue weighted by atomic mass is 35.5. The first kappa shape index (κ1) is 20.5. The quantitative estimate of drug-likeness (QED) is 0.603. The number of nitrogens with two attached hydrogens (primary N) is 1. The van der Waals surface area contributed by atoms with E-state index in [1.165, 1.54) is 6.92 Å². The van der Waals surface area contributed by atoms with Crippen LogP contribution in [0, 0.1) is 5.41 Å². The molecule has 0 saturated carbocycles. The van der Waals surface area contributed by atoms with Gasteiger partial charge in [0.25, 0.3) is 0 Å². The number of Topliss-reactive ketones (excluding diaryl/α,β-unsaturated/α-hetero) is 1. The summed E-state index contributed by atoms with van der Waals surface area (Å²) in [5, 5.41) is 0. The van der Waals surface area contributed by atoms with Crippen molar-refractivity contribution in [2.24, 2.45) is 11.1 Å². The van der Waals surface area contributed by atoms with Gasteiger partial charge in [-0.3, -0.25) is 9.59 Å². The molecule has 6 heteroatoms. The molecule has 1 saturated heterocycles. The number of ketones is 1. The molecule has 24 heavy (non-hydrogen) atoms. The van der Waals surface area contributed by atoms with Gasteiger partial charge in [-0.25, -0.2) is 0 Å². The molecule has 1 aliphatic rings. The monoisotopic (exact) mass is 354 g/mol. The molecule has 1 fully saturated rings. The topological polar surface area (TPSA) is 72.6 Å². The van der Waals surface area contributed by atoms with Crippen LogP contribution < -0.4 is 10.5 Å². The first-order valence-electron chi connectivity index (χ1n) is 8.15.